The van der Waals surface area contributed by atoms with Crippen molar-refractivity contribution in [1.29, 1.82) is 0 Å². The molecule has 7 heteroatoms. The molecular weight excluding hydrogens is 274 g/mol. The molecule has 3 rings (SSSR count). The van der Waals surface area contributed by atoms with Gasteiger partial charge in [0.25, 0.3) is 5.91 Å². The van der Waals surface area contributed by atoms with Crippen molar-refractivity contribution in [3.8, 4) is 0 Å². The SMILES string of the molecule is Nc1c(C(=O)NCCn2cccn2)sc2cnccc12. The van der Waals surface area contributed by atoms with Crippen LogP contribution in [0.2, 0.25) is 0 Å². The summed E-state index contributed by atoms with van der Waals surface area (Å²) < 4.78 is 2.68. The highest BCUT2D eigenvalue weighted by molar-refractivity contribution is 7.21. The first kappa shape index (κ1) is 12.6. The van der Waals surface area contributed by atoms with Gasteiger partial charge in [0.05, 0.1) is 16.9 Å². The lowest BCUT2D eigenvalue weighted by molar-refractivity contribution is 0.0957. The van der Waals surface area contributed by atoms with Crippen molar-refractivity contribution < 1.29 is 4.79 Å². The van der Waals surface area contributed by atoms with Crippen molar-refractivity contribution in [2.24, 2.45) is 0 Å². The summed E-state index contributed by atoms with van der Waals surface area (Å²) in [4.78, 5) is 16.7. The molecule has 0 unspecified atom stereocenters. The van der Waals surface area contributed by atoms with Crippen molar-refractivity contribution in [3.63, 3.8) is 0 Å². The van der Waals surface area contributed by atoms with Crippen molar-refractivity contribution >= 4 is 33.0 Å². The van der Waals surface area contributed by atoms with Gasteiger partial charge >= 0.3 is 0 Å². The van der Waals surface area contributed by atoms with E-state index >= 15 is 0 Å². The van der Waals surface area contributed by atoms with Gasteiger partial charge in [-0.15, -0.1) is 11.3 Å². The number of hydrogen-bond acceptors (Lipinski definition) is 5. The van der Waals surface area contributed by atoms with Crippen LogP contribution < -0.4 is 11.1 Å². The van der Waals surface area contributed by atoms with Crippen LogP contribution >= 0.6 is 11.3 Å². The number of fused-ring (bicyclic) bond motifs is 1. The van der Waals surface area contributed by atoms with Crippen LogP contribution in [0.1, 0.15) is 9.67 Å². The predicted octanol–water partition coefficient (Wildman–Crippen LogP) is 1.50. The van der Waals surface area contributed by atoms with E-state index in [1.807, 2.05) is 18.3 Å². The van der Waals surface area contributed by atoms with Crippen molar-refractivity contribution in [3.05, 3.63) is 41.8 Å². The van der Waals surface area contributed by atoms with Crippen LogP contribution in [-0.4, -0.2) is 27.2 Å². The normalized spacial score (nSPS) is 10.8. The number of pyridine rings is 1. The van der Waals surface area contributed by atoms with Gasteiger partial charge in [0, 0.05) is 36.7 Å². The predicted molar refractivity (Wildman–Crippen MR) is 78.6 cm³/mol. The molecule has 0 saturated carbocycles. The molecule has 6 nitrogen and oxygen atoms in total. The van der Waals surface area contributed by atoms with Gasteiger partial charge in [0.2, 0.25) is 0 Å². The minimum absolute atomic E-state index is 0.157. The Labute approximate surface area is 119 Å². The van der Waals surface area contributed by atoms with Crippen LogP contribution in [0, 0.1) is 0 Å². The maximum atomic E-state index is 12.1. The summed E-state index contributed by atoms with van der Waals surface area (Å²) in [5.41, 5.74) is 6.53. The summed E-state index contributed by atoms with van der Waals surface area (Å²) in [6.45, 7) is 1.14. The molecule has 0 atom stereocenters. The van der Waals surface area contributed by atoms with Gasteiger partial charge < -0.3 is 11.1 Å². The number of carbonyl (C=O) groups is 1. The maximum absolute atomic E-state index is 12.1. The molecule has 1 amide bonds. The third-order valence-electron chi connectivity index (χ3n) is 2.92. The summed E-state index contributed by atoms with van der Waals surface area (Å²) in [6, 6.07) is 3.67. The van der Waals surface area contributed by atoms with E-state index in [1.165, 1.54) is 11.3 Å². The lowest BCUT2D eigenvalue weighted by Gasteiger charge is -2.04. The van der Waals surface area contributed by atoms with Gasteiger partial charge in [0.1, 0.15) is 4.88 Å². The largest absolute Gasteiger partial charge is 0.397 e. The van der Waals surface area contributed by atoms with Crippen molar-refractivity contribution in [1.82, 2.24) is 20.1 Å². The quantitative estimate of drug-likeness (QED) is 0.761. The zero-order valence-electron chi connectivity index (χ0n) is 10.6. The molecule has 3 heterocycles. The van der Waals surface area contributed by atoms with Crippen LogP contribution in [0.25, 0.3) is 10.1 Å². The highest BCUT2D eigenvalue weighted by atomic mass is 32.1. The molecule has 3 N–H and O–H groups in total. The maximum Gasteiger partial charge on any atom is 0.263 e. The number of anilines is 1. The molecule has 0 aromatic carbocycles. The highest BCUT2D eigenvalue weighted by Gasteiger charge is 2.15. The monoisotopic (exact) mass is 287 g/mol. The molecule has 0 aliphatic carbocycles. The van der Waals surface area contributed by atoms with E-state index in [0.29, 0.717) is 23.7 Å². The van der Waals surface area contributed by atoms with E-state index in [1.54, 1.807) is 23.3 Å². The number of aromatic nitrogens is 3. The zero-order chi connectivity index (χ0) is 13.9. The Kier molecular flexibility index (Phi) is 3.34. The lowest BCUT2D eigenvalue weighted by Crippen LogP contribution is -2.27. The number of rotatable bonds is 4. The zero-order valence-corrected chi connectivity index (χ0v) is 11.4. The third kappa shape index (κ3) is 2.35. The molecule has 0 spiro atoms. The average molecular weight is 287 g/mol. The summed E-state index contributed by atoms with van der Waals surface area (Å²) in [5, 5.41) is 7.80. The van der Waals surface area contributed by atoms with Gasteiger partial charge in [-0.1, -0.05) is 0 Å². The summed E-state index contributed by atoms with van der Waals surface area (Å²) >= 11 is 1.36. The van der Waals surface area contributed by atoms with E-state index in [4.69, 9.17) is 5.73 Å². The minimum Gasteiger partial charge on any atom is -0.397 e. The number of nitrogen functional groups attached to an aromatic ring is 1. The van der Waals surface area contributed by atoms with Gasteiger partial charge in [-0.25, -0.2) is 0 Å². The van der Waals surface area contributed by atoms with Crippen LogP contribution in [0.15, 0.2) is 36.9 Å². The number of nitrogens with two attached hydrogens (primary N) is 1. The van der Waals surface area contributed by atoms with Crippen molar-refractivity contribution in [2.45, 2.75) is 6.54 Å². The van der Waals surface area contributed by atoms with Crippen LogP contribution in [0.3, 0.4) is 0 Å². The second-order valence-corrected chi connectivity index (χ2v) is 5.29. The van der Waals surface area contributed by atoms with Gasteiger partial charge in [-0.2, -0.15) is 5.10 Å². The molecule has 20 heavy (non-hydrogen) atoms. The third-order valence-corrected chi connectivity index (χ3v) is 4.08. The summed E-state index contributed by atoms with van der Waals surface area (Å²) in [7, 11) is 0. The second kappa shape index (κ2) is 5.30. The number of carbonyl (C=O) groups excluding carboxylic acids is 1. The molecule has 0 radical (unpaired) electrons. The van der Waals surface area contributed by atoms with E-state index in [-0.39, 0.29) is 5.91 Å². The first-order chi connectivity index (χ1) is 9.75. The Hall–Kier alpha value is -2.41. The topological polar surface area (TPSA) is 85.8 Å². The second-order valence-electron chi connectivity index (χ2n) is 4.24. The number of thiophene rings is 1. The van der Waals surface area contributed by atoms with Crippen LogP contribution in [0.4, 0.5) is 5.69 Å². The Bertz CT molecular complexity index is 734. The Morgan fingerprint density at radius 2 is 2.35 bits per heavy atom. The highest BCUT2D eigenvalue weighted by Crippen LogP contribution is 2.32. The Balaban J connectivity index is 1.71. The lowest BCUT2D eigenvalue weighted by atomic mass is 10.2. The fraction of sp³-hybridized carbons (Fsp3) is 0.154. The first-order valence-corrected chi connectivity index (χ1v) is 6.95. The molecule has 0 bridgehead atoms. The molecule has 0 aliphatic rings. The van der Waals surface area contributed by atoms with E-state index < -0.39 is 0 Å². The Morgan fingerprint density at radius 1 is 1.45 bits per heavy atom. The molecule has 102 valence electrons. The molecule has 3 aromatic heterocycles. The number of nitrogens with zero attached hydrogens (tertiary/aromatic N) is 3. The van der Waals surface area contributed by atoms with Gasteiger partial charge in [-0.05, 0) is 12.1 Å². The minimum atomic E-state index is -0.157. The van der Waals surface area contributed by atoms with Gasteiger partial charge in [0.15, 0.2) is 0 Å². The molecule has 0 aliphatic heterocycles. The van der Waals surface area contributed by atoms with E-state index in [9.17, 15) is 4.79 Å². The van der Waals surface area contributed by atoms with E-state index in [2.05, 4.69) is 15.4 Å². The Morgan fingerprint density at radius 3 is 3.10 bits per heavy atom. The molecule has 3 aromatic rings. The first-order valence-electron chi connectivity index (χ1n) is 6.13. The fourth-order valence-electron chi connectivity index (χ4n) is 1.94. The van der Waals surface area contributed by atoms with Gasteiger partial charge in [-0.3, -0.25) is 14.5 Å². The van der Waals surface area contributed by atoms with E-state index in [0.717, 1.165) is 10.1 Å². The van der Waals surface area contributed by atoms with Crippen LogP contribution in [0.5, 0.6) is 0 Å². The number of nitrogens with one attached hydrogen (secondary N) is 1. The number of amides is 1. The summed E-state index contributed by atoms with van der Waals surface area (Å²) in [6.07, 6.45) is 6.95. The number of hydrogen-bond donors (Lipinski definition) is 2. The van der Waals surface area contributed by atoms with Crippen LogP contribution in [-0.2, 0) is 6.54 Å². The average Bonchev–Trinajstić information content (AvgIpc) is 3.08. The standard InChI is InChI=1S/C13H13N5OS/c14-11-9-2-4-15-8-10(9)20-12(11)13(19)16-5-7-18-6-1-3-17-18/h1-4,6,8H,5,7,14H2,(H,16,19). The smallest absolute Gasteiger partial charge is 0.263 e. The fourth-order valence-corrected chi connectivity index (χ4v) is 2.94. The summed E-state index contributed by atoms with van der Waals surface area (Å²) in [5.74, 6) is -0.157. The molecule has 0 saturated heterocycles. The van der Waals surface area contributed by atoms with Crippen molar-refractivity contribution in [2.75, 3.05) is 12.3 Å². The molecular formula is C13H13N5OS. The molecule has 0 fully saturated rings.